The first-order valence-electron chi connectivity index (χ1n) is 5.01. The van der Waals surface area contributed by atoms with Gasteiger partial charge >= 0.3 is 6.18 Å². The molecule has 0 unspecified atom stereocenters. The summed E-state index contributed by atoms with van der Waals surface area (Å²) < 4.78 is 39.7. The average Bonchev–Trinajstić information content (AvgIpc) is 2.65. The summed E-state index contributed by atoms with van der Waals surface area (Å²) in [6.07, 6.45) is -2.97. The van der Waals surface area contributed by atoms with E-state index in [0.717, 1.165) is 16.3 Å². The number of alkyl halides is 3. The predicted octanol–water partition coefficient (Wildman–Crippen LogP) is 2.23. The molecule has 5 nitrogen and oxygen atoms in total. The van der Waals surface area contributed by atoms with Crippen LogP contribution in [0.4, 0.5) is 19.0 Å². The molecule has 2 rings (SSSR count). The van der Waals surface area contributed by atoms with E-state index in [9.17, 15) is 13.2 Å². The summed E-state index contributed by atoms with van der Waals surface area (Å²) >= 11 is 1.06. The van der Waals surface area contributed by atoms with Gasteiger partial charge in [0, 0.05) is 0 Å². The third-order valence-corrected chi connectivity index (χ3v) is 3.21. The minimum Gasteiger partial charge on any atom is -0.382 e. The van der Waals surface area contributed by atoms with E-state index in [0.29, 0.717) is 0 Å². The van der Waals surface area contributed by atoms with Crippen LogP contribution in [-0.2, 0) is 6.18 Å². The first kappa shape index (κ1) is 13.5. The number of anilines is 1. The van der Waals surface area contributed by atoms with Crippen molar-refractivity contribution in [2.24, 2.45) is 0 Å². The summed E-state index contributed by atoms with van der Waals surface area (Å²) in [6.45, 7) is 1.22. The molecule has 0 saturated carbocycles. The van der Waals surface area contributed by atoms with Gasteiger partial charge < -0.3 is 5.73 Å². The summed E-state index contributed by atoms with van der Waals surface area (Å²) in [7, 11) is 0. The molecule has 0 fully saturated rings. The third kappa shape index (κ3) is 1.98. The van der Waals surface area contributed by atoms with Crippen LogP contribution < -0.4 is 5.73 Å². The second-order valence-electron chi connectivity index (χ2n) is 3.69. The van der Waals surface area contributed by atoms with Crippen LogP contribution in [0, 0.1) is 18.3 Å². The number of halogens is 3. The second kappa shape index (κ2) is 4.31. The lowest BCUT2D eigenvalue weighted by atomic mass is 10.2. The lowest BCUT2D eigenvalue weighted by molar-refractivity contribution is -0.136. The van der Waals surface area contributed by atoms with E-state index in [1.165, 1.54) is 6.92 Å². The minimum absolute atomic E-state index is 0.0243. The van der Waals surface area contributed by atoms with E-state index in [1.54, 1.807) is 6.26 Å². The molecule has 19 heavy (non-hydrogen) atoms. The monoisotopic (exact) mass is 287 g/mol. The zero-order valence-corrected chi connectivity index (χ0v) is 10.7. The summed E-state index contributed by atoms with van der Waals surface area (Å²) in [4.78, 5) is 3.85. The maximum absolute atomic E-state index is 13.0. The van der Waals surface area contributed by atoms with Crippen LogP contribution in [0.2, 0.25) is 0 Å². The Bertz CT molecular complexity index is 698. The van der Waals surface area contributed by atoms with Crippen LogP contribution in [-0.4, -0.2) is 20.9 Å². The highest BCUT2D eigenvalue weighted by molar-refractivity contribution is 7.98. The summed E-state index contributed by atoms with van der Waals surface area (Å²) in [5, 5.41) is 12.8. The Morgan fingerprint density at radius 1 is 1.42 bits per heavy atom. The first-order chi connectivity index (χ1) is 8.81. The lowest BCUT2D eigenvalue weighted by Crippen LogP contribution is -2.09. The highest BCUT2D eigenvalue weighted by Crippen LogP contribution is 2.36. The molecule has 2 N–H and O–H groups in total. The molecule has 0 radical (unpaired) electrons. The van der Waals surface area contributed by atoms with E-state index < -0.39 is 11.7 Å². The van der Waals surface area contributed by atoms with Crippen LogP contribution in [0.15, 0.2) is 5.03 Å². The Morgan fingerprint density at radius 3 is 2.53 bits per heavy atom. The van der Waals surface area contributed by atoms with Gasteiger partial charge in [-0.05, 0) is 13.2 Å². The van der Waals surface area contributed by atoms with Gasteiger partial charge in [-0.3, -0.25) is 0 Å². The fourth-order valence-corrected chi connectivity index (χ4v) is 2.27. The van der Waals surface area contributed by atoms with E-state index in [-0.39, 0.29) is 27.7 Å². The molecule has 0 aromatic carbocycles. The van der Waals surface area contributed by atoms with Crippen LogP contribution in [0.1, 0.15) is 16.8 Å². The number of rotatable bonds is 1. The number of aromatic nitrogens is 3. The summed E-state index contributed by atoms with van der Waals surface area (Å²) in [5.74, 6) is -0.143. The molecule has 9 heteroatoms. The molecule has 100 valence electrons. The highest BCUT2D eigenvalue weighted by Gasteiger charge is 2.38. The number of nitrogens with zero attached hydrogens (tertiary/aromatic N) is 4. The topological polar surface area (TPSA) is 80.0 Å². The summed E-state index contributed by atoms with van der Waals surface area (Å²) in [6, 6.07) is 1.82. The van der Waals surface area contributed by atoms with Crippen LogP contribution in [0.25, 0.3) is 5.65 Å². The number of nitriles is 1. The molecular weight excluding hydrogens is 279 g/mol. The molecule has 0 bridgehead atoms. The first-order valence-corrected chi connectivity index (χ1v) is 6.23. The number of thioether (sulfide) groups is 1. The van der Waals surface area contributed by atoms with Crippen LogP contribution in [0.3, 0.4) is 0 Å². The zero-order valence-electron chi connectivity index (χ0n) is 9.91. The number of nitrogen functional groups attached to an aromatic ring is 1. The van der Waals surface area contributed by atoms with Gasteiger partial charge in [0.2, 0.25) is 0 Å². The van der Waals surface area contributed by atoms with Crippen molar-refractivity contribution in [3.8, 4) is 6.07 Å². The van der Waals surface area contributed by atoms with Gasteiger partial charge in [-0.1, -0.05) is 0 Å². The fraction of sp³-hybridized carbons (Fsp3) is 0.300. The molecule has 0 aliphatic rings. The van der Waals surface area contributed by atoms with Gasteiger partial charge in [0.05, 0.1) is 5.69 Å². The molecule has 0 atom stereocenters. The van der Waals surface area contributed by atoms with Crippen molar-refractivity contribution < 1.29 is 13.2 Å². The number of fused-ring (bicyclic) bond motifs is 1. The molecule has 2 aromatic rings. The molecule has 0 aliphatic heterocycles. The Kier molecular flexibility index (Phi) is 3.06. The van der Waals surface area contributed by atoms with Crippen molar-refractivity contribution in [2.45, 2.75) is 18.1 Å². The average molecular weight is 287 g/mol. The van der Waals surface area contributed by atoms with Gasteiger partial charge in [0.15, 0.2) is 5.65 Å². The highest BCUT2D eigenvalue weighted by atomic mass is 32.2. The number of hydrogen-bond acceptors (Lipinski definition) is 5. The van der Waals surface area contributed by atoms with Crippen LogP contribution >= 0.6 is 11.8 Å². The SMILES string of the molecule is CSc1nc2c(C(F)(F)F)c(C)nn2c(N)c1C#N. The lowest BCUT2D eigenvalue weighted by Gasteiger charge is -2.08. The predicted molar refractivity (Wildman–Crippen MR) is 63.6 cm³/mol. The quantitative estimate of drug-likeness (QED) is 0.642. The number of hydrogen-bond donors (Lipinski definition) is 1. The van der Waals surface area contributed by atoms with Crippen molar-refractivity contribution >= 4 is 23.2 Å². The van der Waals surface area contributed by atoms with E-state index in [2.05, 4.69) is 10.1 Å². The van der Waals surface area contributed by atoms with E-state index in [4.69, 9.17) is 11.0 Å². The smallest absolute Gasteiger partial charge is 0.382 e. The maximum atomic E-state index is 13.0. The standard InChI is InChI=1S/C10H8F3N5S/c1-4-6(10(11,12)13)8-16-9(19-2)5(3-14)7(15)18(8)17-4/h15H2,1-2H3. The number of nitrogens with two attached hydrogens (primary N) is 1. The molecular formula is C10H8F3N5S. The zero-order chi connectivity index (χ0) is 14.4. The van der Waals surface area contributed by atoms with E-state index >= 15 is 0 Å². The number of aryl methyl sites for hydroxylation is 1. The molecule has 2 aromatic heterocycles. The molecule has 0 spiro atoms. The minimum atomic E-state index is -4.57. The van der Waals surface area contributed by atoms with Gasteiger partial charge in [-0.25, -0.2) is 4.98 Å². The molecule has 0 saturated heterocycles. The van der Waals surface area contributed by atoms with Gasteiger partial charge in [-0.15, -0.1) is 11.8 Å². The Labute approximate surface area is 110 Å². The molecule has 0 aliphatic carbocycles. The van der Waals surface area contributed by atoms with Gasteiger partial charge in [0.1, 0.15) is 28.0 Å². The van der Waals surface area contributed by atoms with Crippen molar-refractivity contribution in [3.05, 3.63) is 16.8 Å². The van der Waals surface area contributed by atoms with Gasteiger partial charge in [-0.2, -0.15) is 28.0 Å². The van der Waals surface area contributed by atoms with Crippen molar-refractivity contribution in [1.29, 1.82) is 5.26 Å². The van der Waals surface area contributed by atoms with Crippen LogP contribution in [0.5, 0.6) is 0 Å². The Morgan fingerprint density at radius 2 is 2.05 bits per heavy atom. The summed E-state index contributed by atoms with van der Waals surface area (Å²) in [5.41, 5.74) is 4.17. The largest absolute Gasteiger partial charge is 0.421 e. The maximum Gasteiger partial charge on any atom is 0.421 e. The Hall–Kier alpha value is -1.95. The Balaban J connectivity index is 2.95. The van der Waals surface area contributed by atoms with Crippen molar-refractivity contribution in [2.75, 3.05) is 12.0 Å². The molecule has 0 amide bonds. The third-order valence-electron chi connectivity index (χ3n) is 2.53. The normalized spacial score (nSPS) is 11.8. The fourth-order valence-electron chi connectivity index (χ4n) is 1.74. The molecule has 2 heterocycles. The van der Waals surface area contributed by atoms with E-state index in [1.807, 2.05) is 6.07 Å². The van der Waals surface area contributed by atoms with Crippen molar-refractivity contribution in [1.82, 2.24) is 14.6 Å². The second-order valence-corrected chi connectivity index (χ2v) is 4.48. The van der Waals surface area contributed by atoms with Crippen molar-refractivity contribution in [3.63, 3.8) is 0 Å². The van der Waals surface area contributed by atoms with Gasteiger partial charge in [0.25, 0.3) is 0 Å².